The minimum Gasteiger partial charge on any atom is -0.454 e. The predicted molar refractivity (Wildman–Crippen MR) is 83.5 cm³/mol. The van der Waals surface area contributed by atoms with Crippen LogP contribution in [0.15, 0.2) is 36.4 Å². The van der Waals surface area contributed by atoms with E-state index >= 15 is 0 Å². The Labute approximate surface area is 126 Å². The van der Waals surface area contributed by atoms with E-state index in [-0.39, 0.29) is 12.6 Å². The molecule has 0 aromatic heterocycles. The Morgan fingerprint density at radius 1 is 1.10 bits per heavy atom. The van der Waals surface area contributed by atoms with Gasteiger partial charge in [0.2, 0.25) is 6.79 Å². The van der Waals surface area contributed by atoms with Crippen molar-refractivity contribution in [3.8, 4) is 11.5 Å². The molecule has 0 spiro atoms. The van der Waals surface area contributed by atoms with Crippen molar-refractivity contribution in [3.63, 3.8) is 0 Å². The first kappa shape index (κ1) is 13.6. The molecule has 1 heterocycles. The number of rotatable bonds is 2. The molecular weight excluding hydrogens is 291 g/mol. The molecule has 21 heavy (non-hydrogen) atoms. The maximum Gasteiger partial charge on any atom is 0.231 e. The van der Waals surface area contributed by atoms with Crippen LogP contribution in [-0.2, 0) is 0 Å². The third-order valence-electron chi connectivity index (χ3n) is 3.08. The Kier molecular flexibility index (Phi) is 3.62. The van der Waals surface area contributed by atoms with Crippen LogP contribution in [0, 0.1) is 12.7 Å². The van der Waals surface area contributed by atoms with E-state index in [4.69, 9.17) is 21.7 Å². The van der Waals surface area contributed by atoms with Crippen LogP contribution in [0.2, 0.25) is 0 Å². The van der Waals surface area contributed by atoms with Gasteiger partial charge in [0, 0.05) is 17.4 Å². The van der Waals surface area contributed by atoms with E-state index in [1.165, 1.54) is 12.1 Å². The molecule has 0 amide bonds. The zero-order valence-electron chi connectivity index (χ0n) is 11.3. The number of thiocarbonyl (C=S) groups is 1. The summed E-state index contributed by atoms with van der Waals surface area (Å²) >= 11 is 5.23. The average Bonchev–Trinajstić information content (AvgIpc) is 2.90. The fraction of sp³-hybridized carbons (Fsp3) is 0.133. The molecule has 0 saturated heterocycles. The van der Waals surface area contributed by atoms with Crippen molar-refractivity contribution in [2.75, 3.05) is 17.4 Å². The van der Waals surface area contributed by atoms with Crippen LogP contribution in [0.5, 0.6) is 11.5 Å². The largest absolute Gasteiger partial charge is 0.454 e. The van der Waals surface area contributed by atoms with Gasteiger partial charge in [-0.3, -0.25) is 0 Å². The first-order chi connectivity index (χ1) is 10.1. The van der Waals surface area contributed by atoms with Crippen molar-refractivity contribution in [2.24, 2.45) is 0 Å². The number of nitrogens with one attached hydrogen (secondary N) is 2. The first-order valence-corrected chi connectivity index (χ1v) is 6.76. The Morgan fingerprint density at radius 2 is 1.90 bits per heavy atom. The second-order valence-corrected chi connectivity index (χ2v) is 5.01. The third-order valence-corrected chi connectivity index (χ3v) is 3.28. The number of fused-ring (bicyclic) bond motifs is 1. The topological polar surface area (TPSA) is 42.5 Å². The number of aryl methyl sites for hydroxylation is 1. The van der Waals surface area contributed by atoms with E-state index in [2.05, 4.69) is 10.6 Å². The second kappa shape index (κ2) is 5.57. The van der Waals surface area contributed by atoms with E-state index < -0.39 is 0 Å². The molecule has 0 bridgehead atoms. The van der Waals surface area contributed by atoms with E-state index in [0.29, 0.717) is 22.3 Å². The van der Waals surface area contributed by atoms with Crippen molar-refractivity contribution in [3.05, 3.63) is 47.8 Å². The Morgan fingerprint density at radius 3 is 2.76 bits per heavy atom. The standard InChI is InChI=1S/C15H13FN2O2S/c1-9-2-3-10(16)6-12(9)18-15(21)17-11-4-5-13-14(7-11)20-8-19-13/h2-7H,8H2,1H3,(H2,17,18,21). The zero-order chi connectivity index (χ0) is 14.8. The van der Waals surface area contributed by atoms with E-state index in [0.717, 1.165) is 11.3 Å². The van der Waals surface area contributed by atoms with Crippen LogP contribution in [0.25, 0.3) is 0 Å². The smallest absolute Gasteiger partial charge is 0.231 e. The van der Waals surface area contributed by atoms with Crippen LogP contribution >= 0.6 is 12.2 Å². The molecule has 1 aliphatic heterocycles. The number of hydrogen-bond donors (Lipinski definition) is 2. The highest BCUT2D eigenvalue weighted by Crippen LogP contribution is 2.34. The van der Waals surface area contributed by atoms with E-state index in [1.54, 1.807) is 18.2 Å². The van der Waals surface area contributed by atoms with Crippen molar-refractivity contribution < 1.29 is 13.9 Å². The molecular formula is C15H13FN2O2S. The lowest BCUT2D eigenvalue weighted by atomic mass is 10.2. The summed E-state index contributed by atoms with van der Waals surface area (Å²) in [5, 5.41) is 6.38. The van der Waals surface area contributed by atoms with Gasteiger partial charge in [0.05, 0.1) is 0 Å². The molecule has 0 fully saturated rings. The molecule has 0 aliphatic carbocycles. The molecule has 0 saturated carbocycles. The summed E-state index contributed by atoms with van der Waals surface area (Å²) in [7, 11) is 0. The minimum atomic E-state index is -0.311. The summed E-state index contributed by atoms with van der Waals surface area (Å²) in [6.07, 6.45) is 0. The molecule has 2 N–H and O–H groups in total. The van der Waals surface area contributed by atoms with Gasteiger partial charge in [0.15, 0.2) is 16.6 Å². The van der Waals surface area contributed by atoms with Gasteiger partial charge in [-0.05, 0) is 49.0 Å². The van der Waals surface area contributed by atoms with Gasteiger partial charge in [0.1, 0.15) is 5.82 Å². The Bertz CT molecular complexity index is 706. The maximum atomic E-state index is 13.2. The number of ether oxygens (including phenoxy) is 2. The van der Waals surface area contributed by atoms with Crippen LogP contribution < -0.4 is 20.1 Å². The average molecular weight is 304 g/mol. The lowest BCUT2D eigenvalue weighted by Gasteiger charge is -2.13. The molecule has 0 radical (unpaired) electrons. The molecule has 108 valence electrons. The number of halogens is 1. The van der Waals surface area contributed by atoms with Gasteiger partial charge < -0.3 is 20.1 Å². The summed E-state index contributed by atoms with van der Waals surface area (Å²) < 4.78 is 23.8. The summed E-state index contributed by atoms with van der Waals surface area (Å²) in [6.45, 7) is 2.11. The summed E-state index contributed by atoms with van der Waals surface area (Å²) in [5.74, 6) is 1.07. The van der Waals surface area contributed by atoms with Crippen LogP contribution in [0.3, 0.4) is 0 Å². The van der Waals surface area contributed by atoms with Crippen LogP contribution in [0.4, 0.5) is 15.8 Å². The quantitative estimate of drug-likeness (QED) is 0.829. The Balaban J connectivity index is 1.70. The van der Waals surface area contributed by atoms with Crippen molar-refractivity contribution in [2.45, 2.75) is 6.92 Å². The SMILES string of the molecule is Cc1ccc(F)cc1NC(=S)Nc1ccc2c(c1)OCO2. The molecule has 1 aliphatic rings. The zero-order valence-corrected chi connectivity index (χ0v) is 12.1. The van der Waals surface area contributed by atoms with E-state index in [9.17, 15) is 4.39 Å². The van der Waals surface area contributed by atoms with Gasteiger partial charge in [-0.15, -0.1) is 0 Å². The molecule has 4 nitrogen and oxygen atoms in total. The van der Waals surface area contributed by atoms with Gasteiger partial charge in [-0.25, -0.2) is 4.39 Å². The van der Waals surface area contributed by atoms with E-state index in [1.807, 2.05) is 13.0 Å². The molecule has 2 aromatic rings. The van der Waals surface area contributed by atoms with Gasteiger partial charge >= 0.3 is 0 Å². The predicted octanol–water partition coefficient (Wildman–Crippen LogP) is 3.67. The monoisotopic (exact) mass is 304 g/mol. The van der Waals surface area contributed by atoms with Crippen LogP contribution in [-0.4, -0.2) is 11.9 Å². The van der Waals surface area contributed by atoms with Gasteiger partial charge in [-0.2, -0.15) is 0 Å². The maximum absolute atomic E-state index is 13.2. The van der Waals surface area contributed by atoms with Crippen molar-refractivity contribution >= 4 is 28.7 Å². The normalized spacial score (nSPS) is 12.1. The number of benzene rings is 2. The summed E-state index contributed by atoms with van der Waals surface area (Å²) in [4.78, 5) is 0. The fourth-order valence-electron chi connectivity index (χ4n) is 1.99. The molecule has 6 heteroatoms. The highest BCUT2D eigenvalue weighted by atomic mass is 32.1. The lowest BCUT2D eigenvalue weighted by Crippen LogP contribution is -2.19. The first-order valence-electron chi connectivity index (χ1n) is 6.35. The molecule has 0 unspecified atom stereocenters. The highest BCUT2D eigenvalue weighted by Gasteiger charge is 2.13. The van der Waals surface area contributed by atoms with Gasteiger partial charge in [0.25, 0.3) is 0 Å². The number of anilines is 2. The summed E-state index contributed by atoms with van der Waals surface area (Å²) in [6, 6.07) is 9.95. The highest BCUT2D eigenvalue weighted by molar-refractivity contribution is 7.80. The molecule has 0 atom stereocenters. The van der Waals surface area contributed by atoms with Crippen LogP contribution in [0.1, 0.15) is 5.56 Å². The van der Waals surface area contributed by atoms with Crippen molar-refractivity contribution in [1.29, 1.82) is 0 Å². The van der Waals surface area contributed by atoms with Gasteiger partial charge in [-0.1, -0.05) is 6.07 Å². The lowest BCUT2D eigenvalue weighted by molar-refractivity contribution is 0.174. The minimum absolute atomic E-state index is 0.226. The second-order valence-electron chi connectivity index (χ2n) is 4.61. The summed E-state index contributed by atoms with van der Waals surface area (Å²) in [5.41, 5.74) is 2.31. The van der Waals surface area contributed by atoms with Crippen molar-refractivity contribution in [1.82, 2.24) is 0 Å². The molecule has 2 aromatic carbocycles. The molecule has 3 rings (SSSR count). The Hall–Kier alpha value is -2.34. The number of hydrogen-bond acceptors (Lipinski definition) is 3. The fourth-order valence-corrected chi connectivity index (χ4v) is 2.22. The third kappa shape index (κ3) is 3.05.